The van der Waals surface area contributed by atoms with Crippen LogP contribution in [0.2, 0.25) is 13.1 Å². The van der Waals surface area contributed by atoms with Crippen molar-refractivity contribution in [1.82, 2.24) is 0 Å². The second kappa shape index (κ2) is 14.7. The van der Waals surface area contributed by atoms with E-state index in [-0.39, 0.29) is 0 Å². The first-order valence-corrected chi connectivity index (χ1v) is 28.8. The Morgan fingerprint density at radius 1 is 0.521 bits per heavy atom. The van der Waals surface area contributed by atoms with E-state index in [2.05, 4.69) is 166 Å². The van der Waals surface area contributed by atoms with E-state index in [9.17, 15) is 0 Å². The van der Waals surface area contributed by atoms with Crippen LogP contribution in [0.25, 0.3) is 34.4 Å². The predicted molar refractivity (Wildman–Crippen MR) is 211 cm³/mol. The molecule has 0 bridgehead atoms. The predicted octanol–water partition coefficient (Wildman–Crippen LogP) is 13.5. The molecule has 2 aliphatic rings. The van der Waals surface area contributed by atoms with Gasteiger partial charge in [0, 0.05) is 0 Å². The number of rotatable bonds is 11. The molecule has 2 heteroatoms. The van der Waals surface area contributed by atoms with Crippen LogP contribution in [-0.4, -0.2) is 5.92 Å². The van der Waals surface area contributed by atoms with E-state index in [1.165, 1.54) is 57.3 Å². The van der Waals surface area contributed by atoms with Crippen molar-refractivity contribution in [2.24, 2.45) is 11.8 Å². The Bertz CT molecular complexity index is 1710. The standard InChI is InChI=1S/2C22H25.C2H7Si.Zr/c2*1-5-16(4)18-13-17-9-8-12-21(22(17)14-18)20-11-7-6-10-19(20)15(2)3;1-3-2;/h2*6-16H,5H2,1-4H3;3H,1-2H3;. The first-order valence-electron chi connectivity index (χ1n) is 18.8. The summed E-state index contributed by atoms with van der Waals surface area (Å²) in [5, 5.41) is 0. The maximum absolute atomic E-state index is 2.73. The summed E-state index contributed by atoms with van der Waals surface area (Å²) in [6.07, 6.45) is 7.82. The van der Waals surface area contributed by atoms with Gasteiger partial charge in [-0.25, -0.2) is 0 Å². The monoisotopic (exact) mass is 727 g/mol. The zero-order valence-corrected chi connectivity index (χ0v) is 34.8. The summed E-state index contributed by atoms with van der Waals surface area (Å²) < 4.78 is 1.29. The summed E-state index contributed by atoms with van der Waals surface area (Å²) in [6.45, 7) is 24.7. The van der Waals surface area contributed by atoms with Crippen LogP contribution in [-0.2, 0) is 20.9 Å². The van der Waals surface area contributed by atoms with Gasteiger partial charge in [-0.1, -0.05) is 0 Å². The Morgan fingerprint density at radius 2 is 0.896 bits per heavy atom. The summed E-state index contributed by atoms with van der Waals surface area (Å²) in [4.78, 5) is 0. The third-order valence-corrected chi connectivity index (χ3v) is 33.2. The molecule has 6 rings (SSSR count). The van der Waals surface area contributed by atoms with Gasteiger partial charge in [-0.05, 0) is 0 Å². The van der Waals surface area contributed by atoms with Crippen molar-refractivity contribution in [3.8, 4) is 22.3 Å². The SMILES string of the molecule is CCC(C)C1=Cc2c(-c3ccccc3C(C)C)cccc2[CH]1[Zr]([CH]1C(C(C)CC)=Cc2c(-c3ccccc3C(C)C)cccc21)[SiH](C)C. The molecule has 0 saturated heterocycles. The van der Waals surface area contributed by atoms with Crippen molar-refractivity contribution < 1.29 is 20.9 Å². The number of allylic oxidation sites excluding steroid dienone is 2. The minimum atomic E-state index is -2.28. The van der Waals surface area contributed by atoms with E-state index in [1.807, 2.05) is 0 Å². The van der Waals surface area contributed by atoms with Gasteiger partial charge in [0.15, 0.2) is 0 Å². The van der Waals surface area contributed by atoms with Gasteiger partial charge in [0.05, 0.1) is 0 Å². The topological polar surface area (TPSA) is 0 Å². The van der Waals surface area contributed by atoms with Gasteiger partial charge in [-0.15, -0.1) is 0 Å². The quantitative estimate of drug-likeness (QED) is 0.135. The molecule has 4 atom stereocenters. The molecule has 249 valence electrons. The Labute approximate surface area is 301 Å². The Morgan fingerprint density at radius 3 is 1.25 bits per heavy atom. The molecule has 0 nitrogen and oxygen atoms in total. The van der Waals surface area contributed by atoms with E-state index >= 15 is 0 Å². The summed E-state index contributed by atoms with van der Waals surface area (Å²) in [5.74, 6) is 1.18. The molecule has 4 aromatic carbocycles. The van der Waals surface area contributed by atoms with E-state index < -0.39 is 26.8 Å². The normalized spacial score (nSPS) is 18.2. The van der Waals surface area contributed by atoms with Crippen LogP contribution < -0.4 is 0 Å². The second-order valence-electron chi connectivity index (χ2n) is 15.5. The molecule has 0 fully saturated rings. The summed E-state index contributed by atoms with van der Waals surface area (Å²) in [5.41, 5.74) is 18.6. The van der Waals surface area contributed by atoms with Crippen molar-refractivity contribution in [1.29, 1.82) is 0 Å². The molecular weight excluding hydrogens is 672 g/mol. The van der Waals surface area contributed by atoms with Crippen LogP contribution in [0.1, 0.15) is 121 Å². The molecule has 0 aliphatic heterocycles. The molecular formula is C46H57SiZr. The summed E-state index contributed by atoms with van der Waals surface area (Å²) >= 11 is -2.28. The molecule has 0 amide bonds. The molecule has 0 radical (unpaired) electrons. The van der Waals surface area contributed by atoms with Crippen LogP contribution in [0.3, 0.4) is 0 Å². The van der Waals surface area contributed by atoms with Crippen LogP contribution in [0, 0.1) is 11.8 Å². The van der Waals surface area contributed by atoms with Gasteiger partial charge in [-0.2, -0.15) is 0 Å². The van der Waals surface area contributed by atoms with E-state index in [4.69, 9.17) is 0 Å². The van der Waals surface area contributed by atoms with Gasteiger partial charge in [0.25, 0.3) is 0 Å². The van der Waals surface area contributed by atoms with Crippen molar-refractivity contribution in [2.75, 3.05) is 0 Å². The number of hydrogen-bond donors (Lipinski definition) is 0. The molecule has 48 heavy (non-hydrogen) atoms. The fourth-order valence-corrected chi connectivity index (χ4v) is 31.8. The molecule has 0 spiro atoms. The Kier molecular flexibility index (Phi) is 10.8. The molecule has 4 unspecified atom stereocenters. The van der Waals surface area contributed by atoms with Crippen molar-refractivity contribution in [3.05, 3.63) is 129 Å². The minimum absolute atomic E-state index is 0.495. The Hall–Kier alpha value is -2.54. The summed E-state index contributed by atoms with van der Waals surface area (Å²) in [6, 6.07) is 33.1. The summed E-state index contributed by atoms with van der Waals surface area (Å²) in [7, 11) is 0. The van der Waals surface area contributed by atoms with Gasteiger partial charge >= 0.3 is 303 Å². The van der Waals surface area contributed by atoms with Gasteiger partial charge in [-0.3, -0.25) is 0 Å². The van der Waals surface area contributed by atoms with Crippen molar-refractivity contribution in [2.45, 2.75) is 100 Å². The van der Waals surface area contributed by atoms with Crippen LogP contribution >= 0.6 is 0 Å². The Balaban J connectivity index is 1.57. The average molecular weight is 729 g/mol. The van der Waals surface area contributed by atoms with Crippen LogP contribution in [0.4, 0.5) is 0 Å². The maximum atomic E-state index is 2.73. The van der Waals surface area contributed by atoms with Crippen molar-refractivity contribution in [3.63, 3.8) is 0 Å². The van der Waals surface area contributed by atoms with Crippen molar-refractivity contribution >= 4 is 18.1 Å². The van der Waals surface area contributed by atoms with E-state index in [0.717, 1.165) is 0 Å². The van der Waals surface area contributed by atoms with E-state index in [0.29, 0.717) is 30.9 Å². The third-order valence-electron chi connectivity index (χ3n) is 11.6. The third kappa shape index (κ3) is 6.31. The number of benzene rings is 4. The van der Waals surface area contributed by atoms with Crippen LogP contribution in [0.5, 0.6) is 0 Å². The molecule has 0 aromatic heterocycles. The molecule has 4 aromatic rings. The van der Waals surface area contributed by atoms with Gasteiger partial charge in [0.2, 0.25) is 0 Å². The second-order valence-corrected chi connectivity index (χ2v) is 35.6. The van der Waals surface area contributed by atoms with Crippen LogP contribution in [0.15, 0.2) is 96.1 Å². The fraction of sp³-hybridized carbons (Fsp3) is 0.391. The van der Waals surface area contributed by atoms with Gasteiger partial charge in [0.1, 0.15) is 0 Å². The number of fused-ring (bicyclic) bond motifs is 2. The zero-order chi connectivity index (χ0) is 34.3. The fourth-order valence-electron chi connectivity index (χ4n) is 8.71. The number of hydrogen-bond acceptors (Lipinski definition) is 0. The molecule has 2 aliphatic carbocycles. The molecule has 0 saturated carbocycles. The first-order chi connectivity index (χ1) is 23.1. The molecule has 0 heterocycles. The van der Waals surface area contributed by atoms with E-state index in [1.54, 1.807) is 22.3 Å². The molecule has 0 N–H and O–H groups in total. The first kappa shape index (κ1) is 35.3. The zero-order valence-electron chi connectivity index (χ0n) is 31.2. The van der Waals surface area contributed by atoms with Gasteiger partial charge < -0.3 is 0 Å². The average Bonchev–Trinajstić information content (AvgIpc) is 3.67.